The third-order valence-corrected chi connectivity index (χ3v) is 5.79. The molecule has 6 nitrogen and oxygen atoms in total. The fourth-order valence-corrected chi connectivity index (χ4v) is 3.96. The van der Waals surface area contributed by atoms with Gasteiger partial charge in [0.25, 0.3) is 0 Å². The first-order chi connectivity index (χ1) is 14.0. The van der Waals surface area contributed by atoms with E-state index in [-0.39, 0.29) is 11.9 Å². The van der Waals surface area contributed by atoms with Crippen LogP contribution < -0.4 is 5.32 Å². The number of methoxy groups -OCH3 is 1. The Kier molecular flexibility index (Phi) is 7.22. The monoisotopic (exact) mass is 417 g/mol. The van der Waals surface area contributed by atoms with Gasteiger partial charge in [-0.2, -0.15) is 0 Å². The zero-order chi connectivity index (χ0) is 20.8. The third-order valence-electron chi connectivity index (χ3n) is 4.74. The number of nitrogens with one attached hydrogen (secondary N) is 2. The number of aromatic amines is 1. The first-order valence-electron chi connectivity index (χ1n) is 9.73. The number of hydrogen-bond acceptors (Lipinski definition) is 4. The van der Waals surface area contributed by atoms with Crippen LogP contribution in [0.4, 0.5) is 4.39 Å². The second kappa shape index (κ2) is 9.84. The normalized spacial score (nSPS) is 13.1. The number of H-pyrrole nitrogens is 1. The van der Waals surface area contributed by atoms with E-state index in [2.05, 4.69) is 32.5 Å². The standard InChI is InChI=1S/C21H28FN5OS/c1-5-23-21(27(3)12-17-13-29-20(26-17)14(2)28-4)24-9-8-15-11-25-19-10-16(22)6-7-18(15)19/h6-7,10-11,13-14,25H,5,8-9,12H2,1-4H3,(H,23,24). The van der Waals surface area contributed by atoms with Gasteiger partial charge in [-0.15, -0.1) is 11.3 Å². The van der Waals surface area contributed by atoms with Gasteiger partial charge in [0.05, 0.1) is 12.2 Å². The summed E-state index contributed by atoms with van der Waals surface area (Å²) in [5, 5.41) is 7.43. The van der Waals surface area contributed by atoms with Crippen molar-refractivity contribution >= 4 is 28.2 Å². The van der Waals surface area contributed by atoms with Gasteiger partial charge in [0.15, 0.2) is 5.96 Å². The quantitative estimate of drug-likeness (QED) is 0.428. The molecule has 1 unspecified atom stereocenters. The molecule has 0 spiro atoms. The van der Waals surface area contributed by atoms with Crippen LogP contribution in [0.3, 0.4) is 0 Å². The molecule has 3 rings (SSSR count). The van der Waals surface area contributed by atoms with Gasteiger partial charge >= 0.3 is 0 Å². The summed E-state index contributed by atoms with van der Waals surface area (Å²) in [6, 6.07) is 4.83. The van der Waals surface area contributed by atoms with E-state index in [1.165, 1.54) is 12.1 Å². The number of thiazole rings is 1. The smallest absolute Gasteiger partial charge is 0.194 e. The van der Waals surface area contributed by atoms with E-state index >= 15 is 0 Å². The first kappa shape index (κ1) is 21.3. The number of ether oxygens (including phenoxy) is 1. The molecule has 0 aliphatic heterocycles. The average molecular weight is 418 g/mol. The number of aliphatic imine (C=N–C) groups is 1. The molecule has 0 fully saturated rings. The van der Waals surface area contributed by atoms with E-state index in [9.17, 15) is 4.39 Å². The van der Waals surface area contributed by atoms with Crippen LogP contribution in [0, 0.1) is 5.82 Å². The fourth-order valence-electron chi connectivity index (χ4n) is 3.12. The van der Waals surface area contributed by atoms with Gasteiger partial charge in [0, 0.05) is 49.7 Å². The number of hydrogen-bond donors (Lipinski definition) is 2. The predicted octanol–water partition coefficient (Wildman–Crippen LogP) is 4.11. The number of nitrogens with zero attached hydrogens (tertiary/aromatic N) is 3. The summed E-state index contributed by atoms with van der Waals surface area (Å²) in [4.78, 5) is 14.6. The van der Waals surface area contributed by atoms with Crippen LogP contribution in [-0.4, -0.2) is 48.1 Å². The highest BCUT2D eigenvalue weighted by Gasteiger charge is 2.13. The summed E-state index contributed by atoms with van der Waals surface area (Å²) < 4.78 is 18.7. The second-order valence-corrected chi connectivity index (χ2v) is 7.79. The molecule has 0 radical (unpaired) electrons. The van der Waals surface area contributed by atoms with Crippen LogP contribution in [0.1, 0.15) is 36.2 Å². The maximum Gasteiger partial charge on any atom is 0.194 e. The fraction of sp³-hybridized carbons (Fsp3) is 0.429. The molecule has 2 aromatic heterocycles. The number of fused-ring (bicyclic) bond motifs is 1. The Morgan fingerprint density at radius 2 is 2.28 bits per heavy atom. The minimum atomic E-state index is -0.231. The van der Waals surface area contributed by atoms with E-state index in [4.69, 9.17) is 9.73 Å². The molecule has 0 aliphatic rings. The lowest BCUT2D eigenvalue weighted by Crippen LogP contribution is -2.38. The number of rotatable bonds is 8. The Labute approximate surface area is 174 Å². The minimum absolute atomic E-state index is 0.00519. The summed E-state index contributed by atoms with van der Waals surface area (Å²) in [5.41, 5.74) is 2.96. The zero-order valence-electron chi connectivity index (χ0n) is 17.3. The Morgan fingerprint density at radius 3 is 3.03 bits per heavy atom. The summed E-state index contributed by atoms with van der Waals surface area (Å²) in [7, 11) is 3.70. The van der Waals surface area contributed by atoms with Crippen molar-refractivity contribution in [2.24, 2.45) is 4.99 Å². The van der Waals surface area contributed by atoms with E-state index in [0.29, 0.717) is 13.1 Å². The van der Waals surface area contributed by atoms with Gasteiger partial charge in [-0.25, -0.2) is 9.37 Å². The maximum absolute atomic E-state index is 13.4. The third kappa shape index (κ3) is 5.33. The van der Waals surface area contributed by atoms with Crippen molar-refractivity contribution in [3.63, 3.8) is 0 Å². The molecule has 8 heteroatoms. The van der Waals surface area contributed by atoms with Gasteiger partial charge in [-0.1, -0.05) is 0 Å². The van der Waals surface area contributed by atoms with Gasteiger partial charge < -0.3 is 19.9 Å². The summed E-state index contributed by atoms with van der Waals surface area (Å²) >= 11 is 1.61. The lowest BCUT2D eigenvalue weighted by molar-refractivity contribution is 0.119. The van der Waals surface area contributed by atoms with Gasteiger partial charge in [0.2, 0.25) is 0 Å². The molecule has 2 heterocycles. The van der Waals surface area contributed by atoms with Gasteiger partial charge in [0.1, 0.15) is 16.9 Å². The van der Waals surface area contributed by atoms with E-state index in [1.54, 1.807) is 18.4 Å². The molecule has 3 aromatic rings. The van der Waals surface area contributed by atoms with Crippen LogP contribution >= 0.6 is 11.3 Å². The maximum atomic E-state index is 13.4. The summed E-state index contributed by atoms with van der Waals surface area (Å²) in [5.74, 6) is 0.609. The molecule has 1 aromatic carbocycles. The van der Waals surface area contributed by atoms with Crippen LogP contribution in [-0.2, 0) is 17.7 Å². The Hall–Kier alpha value is -2.45. The van der Waals surface area contributed by atoms with Crippen LogP contribution in [0.15, 0.2) is 34.8 Å². The molecule has 0 amide bonds. The van der Waals surface area contributed by atoms with Crippen LogP contribution in [0.2, 0.25) is 0 Å². The van der Waals surface area contributed by atoms with E-state index < -0.39 is 0 Å². The van der Waals surface area contributed by atoms with Crippen molar-refractivity contribution in [1.29, 1.82) is 0 Å². The van der Waals surface area contributed by atoms with Crippen molar-refractivity contribution < 1.29 is 9.13 Å². The van der Waals surface area contributed by atoms with E-state index in [0.717, 1.165) is 46.1 Å². The van der Waals surface area contributed by atoms with E-state index in [1.807, 2.05) is 26.2 Å². The zero-order valence-corrected chi connectivity index (χ0v) is 18.1. The molecule has 0 aliphatic carbocycles. The molecule has 29 heavy (non-hydrogen) atoms. The van der Waals surface area contributed by atoms with Crippen molar-refractivity contribution in [3.05, 3.63) is 51.9 Å². The molecule has 156 valence electrons. The second-order valence-electron chi connectivity index (χ2n) is 6.90. The average Bonchev–Trinajstić information content (AvgIpc) is 3.33. The number of aromatic nitrogens is 2. The Bertz CT molecular complexity index is 967. The molecule has 0 saturated carbocycles. The molecule has 2 N–H and O–H groups in total. The number of halogens is 1. The van der Waals surface area contributed by atoms with Crippen LogP contribution in [0.25, 0.3) is 10.9 Å². The Morgan fingerprint density at radius 1 is 1.45 bits per heavy atom. The molecule has 0 bridgehead atoms. The first-order valence-corrected chi connectivity index (χ1v) is 10.6. The lowest BCUT2D eigenvalue weighted by atomic mass is 10.1. The predicted molar refractivity (Wildman–Crippen MR) is 117 cm³/mol. The van der Waals surface area contributed by atoms with Crippen LogP contribution in [0.5, 0.6) is 0 Å². The number of benzene rings is 1. The molecule has 0 saturated heterocycles. The topological polar surface area (TPSA) is 65.5 Å². The molecular formula is C21H28FN5OS. The van der Waals surface area contributed by atoms with Crippen molar-refractivity contribution in [2.75, 3.05) is 27.2 Å². The lowest BCUT2D eigenvalue weighted by Gasteiger charge is -2.21. The highest BCUT2D eigenvalue weighted by atomic mass is 32.1. The van der Waals surface area contributed by atoms with Gasteiger partial charge in [-0.3, -0.25) is 4.99 Å². The van der Waals surface area contributed by atoms with Crippen molar-refractivity contribution in [3.8, 4) is 0 Å². The summed E-state index contributed by atoms with van der Waals surface area (Å²) in [6.45, 7) is 6.15. The van der Waals surface area contributed by atoms with Crippen molar-refractivity contribution in [1.82, 2.24) is 20.2 Å². The SMILES string of the molecule is CCNC(=NCCc1c[nH]c2cc(F)ccc12)N(C)Cc1csc(C(C)OC)n1. The number of guanidine groups is 1. The van der Waals surface area contributed by atoms with Gasteiger partial charge in [-0.05, 0) is 44.0 Å². The highest BCUT2D eigenvalue weighted by molar-refractivity contribution is 7.09. The Balaban J connectivity index is 1.64. The summed E-state index contributed by atoms with van der Waals surface area (Å²) in [6.07, 6.45) is 2.72. The van der Waals surface area contributed by atoms with Crippen molar-refractivity contribution in [2.45, 2.75) is 32.9 Å². The highest BCUT2D eigenvalue weighted by Crippen LogP contribution is 2.21. The minimum Gasteiger partial charge on any atom is -0.375 e. The molecular weight excluding hydrogens is 389 g/mol. The molecule has 1 atom stereocenters. The largest absolute Gasteiger partial charge is 0.375 e.